The van der Waals surface area contributed by atoms with Gasteiger partial charge in [0, 0.05) is 0 Å². The van der Waals surface area contributed by atoms with Crippen LogP contribution >= 0.6 is 0 Å². The van der Waals surface area contributed by atoms with Crippen molar-refractivity contribution in [3.8, 4) is 0 Å². The molecule has 0 radical (unpaired) electrons. The molecule has 158 valence electrons. The Balaban J connectivity index is 1.84. The van der Waals surface area contributed by atoms with Gasteiger partial charge in [0.25, 0.3) is 0 Å². The van der Waals surface area contributed by atoms with Gasteiger partial charge in [-0.3, -0.25) is 9.69 Å². The van der Waals surface area contributed by atoms with Crippen LogP contribution in [0.1, 0.15) is 32.8 Å². The topological polar surface area (TPSA) is 112 Å². The molecule has 0 saturated carbocycles. The number of carboxylic acids is 1. The first-order valence-electron chi connectivity index (χ1n) is 9.46. The summed E-state index contributed by atoms with van der Waals surface area (Å²) in [6.07, 6.45) is -2.79. The summed E-state index contributed by atoms with van der Waals surface area (Å²) in [4.78, 5) is 38.0. The molecular weight excluding hydrogens is 382 g/mol. The van der Waals surface area contributed by atoms with Gasteiger partial charge in [0.15, 0.2) is 11.8 Å². The molecular formula is C20H25NO8. The number of carboxylic acid groups (broad SMARTS) is 1. The normalized spacial score (nSPS) is 27.3. The van der Waals surface area contributed by atoms with E-state index in [0.717, 1.165) is 10.5 Å². The van der Waals surface area contributed by atoms with Crippen molar-refractivity contribution in [2.45, 2.75) is 63.9 Å². The molecule has 0 aromatic heterocycles. The molecule has 2 fully saturated rings. The molecule has 1 aromatic carbocycles. The van der Waals surface area contributed by atoms with E-state index in [0.29, 0.717) is 0 Å². The van der Waals surface area contributed by atoms with Crippen LogP contribution in [0, 0.1) is 0 Å². The fraction of sp³-hybridized carbons (Fsp3) is 0.550. The highest BCUT2D eigenvalue weighted by molar-refractivity contribution is 5.83. The SMILES string of the molecule is CCOC(=O)C[C@H]1[C@H]2OC(C)(C)O[C@H]2[C@H](C(=O)O)N1C(=O)OCc1ccccc1. The molecule has 2 aliphatic heterocycles. The number of hydrogen-bond acceptors (Lipinski definition) is 7. The van der Waals surface area contributed by atoms with Gasteiger partial charge in [-0.2, -0.15) is 0 Å². The lowest BCUT2D eigenvalue weighted by Crippen LogP contribution is -2.50. The molecule has 2 aliphatic rings. The molecule has 0 aliphatic carbocycles. The summed E-state index contributed by atoms with van der Waals surface area (Å²) < 4.78 is 21.9. The van der Waals surface area contributed by atoms with E-state index in [-0.39, 0.29) is 19.6 Å². The number of rotatable bonds is 6. The van der Waals surface area contributed by atoms with Gasteiger partial charge in [0.2, 0.25) is 0 Å². The number of benzene rings is 1. The smallest absolute Gasteiger partial charge is 0.411 e. The van der Waals surface area contributed by atoms with Crippen molar-refractivity contribution in [2.75, 3.05) is 6.61 Å². The van der Waals surface area contributed by atoms with Crippen LogP contribution in [0.4, 0.5) is 4.79 Å². The summed E-state index contributed by atoms with van der Waals surface area (Å²) in [5.74, 6) is -2.85. The fourth-order valence-electron chi connectivity index (χ4n) is 3.79. The van der Waals surface area contributed by atoms with E-state index in [9.17, 15) is 19.5 Å². The van der Waals surface area contributed by atoms with Crippen LogP contribution in [0.5, 0.6) is 0 Å². The molecule has 0 unspecified atom stereocenters. The van der Waals surface area contributed by atoms with Crippen molar-refractivity contribution in [2.24, 2.45) is 0 Å². The first-order valence-corrected chi connectivity index (χ1v) is 9.46. The number of ether oxygens (including phenoxy) is 4. The summed E-state index contributed by atoms with van der Waals surface area (Å²) >= 11 is 0. The quantitative estimate of drug-likeness (QED) is 0.712. The molecule has 1 aromatic rings. The van der Waals surface area contributed by atoms with Gasteiger partial charge in [0.1, 0.15) is 18.8 Å². The Morgan fingerprint density at radius 1 is 1.10 bits per heavy atom. The maximum Gasteiger partial charge on any atom is 0.411 e. The molecule has 9 nitrogen and oxygen atoms in total. The van der Waals surface area contributed by atoms with Crippen molar-refractivity contribution in [3.05, 3.63) is 35.9 Å². The number of hydrogen-bond donors (Lipinski definition) is 1. The second-order valence-corrected chi connectivity index (χ2v) is 7.37. The summed E-state index contributed by atoms with van der Waals surface area (Å²) in [6.45, 7) is 5.12. The Kier molecular flexibility index (Phi) is 6.09. The van der Waals surface area contributed by atoms with E-state index in [1.54, 1.807) is 45.0 Å². The zero-order valence-electron chi connectivity index (χ0n) is 16.6. The first kappa shape index (κ1) is 21.1. The lowest BCUT2D eigenvalue weighted by Gasteiger charge is -2.31. The van der Waals surface area contributed by atoms with E-state index in [4.69, 9.17) is 18.9 Å². The average Bonchev–Trinajstić information content (AvgIpc) is 3.11. The fourth-order valence-corrected chi connectivity index (χ4v) is 3.79. The van der Waals surface area contributed by atoms with Crippen LogP contribution in [0.2, 0.25) is 0 Å². The monoisotopic (exact) mass is 407 g/mol. The van der Waals surface area contributed by atoms with Gasteiger partial charge in [-0.1, -0.05) is 30.3 Å². The van der Waals surface area contributed by atoms with E-state index < -0.39 is 48.1 Å². The maximum absolute atomic E-state index is 12.9. The number of nitrogens with zero attached hydrogens (tertiary/aromatic N) is 1. The molecule has 3 rings (SSSR count). The van der Waals surface area contributed by atoms with Crippen molar-refractivity contribution in [1.29, 1.82) is 0 Å². The molecule has 29 heavy (non-hydrogen) atoms. The van der Waals surface area contributed by atoms with Crippen molar-refractivity contribution < 1.29 is 38.4 Å². The number of amides is 1. The lowest BCUT2D eigenvalue weighted by atomic mass is 10.1. The number of likely N-dealkylation sites (tertiary alicyclic amines) is 1. The minimum absolute atomic E-state index is 0.0306. The van der Waals surface area contributed by atoms with Crippen LogP contribution in [0.25, 0.3) is 0 Å². The molecule has 9 heteroatoms. The molecule has 0 spiro atoms. The number of aliphatic carboxylic acids is 1. The largest absolute Gasteiger partial charge is 0.480 e. The van der Waals surface area contributed by atoms with Gasteiger partial charge in [-0.25, -0.2) is 9.59 Å². The van der Waals surface area contributed by atoms with E-state index in [1.807, 2.05) is 6.07 Å². The lowest BCUT2D eigenvalue weighted by molar-refractivity contribution is -0.175. The van der Waals surface area contributed by atoms with E-state index >= 15 is 0 Å². The zero-order chi connectivity index (χ0) is 21.2. The highest BCUT2D eigenvalue weighted by Gasteiger charge is 2.62. The van der Waals surface area contributed by atoms with Gasteiger partial charge in [-0.05, 0) is 26.3 Å². The molecule has 4 atom stereocenters. The van der Waals surface area contributed by atoms with Crippen molar-refractivity contribution in [1.82, 2.24) is 4.90 Å². The Bertz CT molecular complexity index is 765. The Hall–Kier alpha value is -2.65. The van der Waals surface area contributed by atoms with Gasteiger partial charge in [0.05, 0.1) is 19.1 Å². The van der Waals surface area contributed by atoms with Crippen LogP contribution in [-0.4, -0.2) is 64.7 Å². The molecule has 2 saturated heterocycles. The summed E-state index contributed by atoms with van der Waals surface area (Å²) in [6, 6.07) is 6.78. The maximum atomic E-state index is 12.9. The highest BCUT2D eigenvalue weighted by Crippen LogP contribution is 2.42. The summed E-state index contributed by atoms with van der Waals surface area (Å²) in [5.41, 5.74) is 0.752. The highest BCUT2D eigenvalue weighted by atomic mass is 16.8. The zero-order valence-corrected chi connectivity index (χ0v) is 16.6. The van der Waals surface area contributed by atoms with Gasteiger partial charge >= 0.3 is 18.0 Å². The Labute approximate surface area is 168 Å². The van der Waals surface area contributed by atoms with Crippen LogP contribution in [-0.2, 0) is 35.1 Å². The number of esters is 1. The average molecular weight is 407 g/mol. The number of fused-ring (bicyclic) bond motifs is 1. The Morgan fingerprint density at radius 3 is 2.38 bits per heavy atom. The Morgan fingerprint density at radius 2 is 1.76 bits per heavy atom. The number of carbonyl (C=O) groups is 3. The third kappa shape index (κ3) is 4.51. The molecule has 2 heterocycles. The summed E-state index contributed by atoms with van der Waals surface area (Å²) in [5, 5.41) is 9.79. The van der Waals surface area contributed by atoms with E-state index in [1.165, 1.54) is 0 Å². The van der Waals surface area contributed by atoms with Crippen LogP contribution in [0.15, 0.2) is 30.3 Å². The van der Waals surface area contributed by atoms with Crippen molar-refractivity contribution >= 4 is 18.0 Å². The minimum Gasteiger partial charge on any atom is -0.480 e. The van der Waals surface area contributed by atoms with Crippen LogP contribution in [0.3, 0.4) is 0 Å². The predicted molar refractivity (Wildman–Crippen MR) is 98.8 cm³/mol. The molecule has 1 amide bonds. The minimum atomic E-state index is -1.34. The third-order valence-corrected chi connectivity index (χ3v) is 4.86. The number of carbonyl (C=O) groups excluding carboxylic acids is 2. The standard InChI is InChI=1S/C20H25NO8/c1-4-26-14(22)10-13-16-17(29-20(2,3)28-16)15(18(23)24)21(13)19(25)27-11-12-8-6-5-7-9-12/h5-9,13,15-17H,4,10-11H2,1-3H3,(H,23,24)/t13-,15+,16+,17-/m0/s1. The van der Waals surface area contributed by atoms with Crippen LogP contribution < -0.4 is 0 Å². The van der Waals surface area contributed by atoms with Gasteiger partial charge < -0.3 is 24.1 Å². The first-order chi connectivity index (χ1) is 13.7. The molecule has 0 bridgehead atoms. The second-order valence-electron chi connectivity index (χ2n) is 7.37. The predicted octanol–water partition coefficient (Wildman–Crippen LogP) is 1.93. The third-order valence-electron chi connectivity index (χ3n) is 4.86. The van der Waals surface area contributed by atoms with Crippen molar-refractivity contribution in [3.63, 3.8) is 0 Å². The van der Waals surface area contributed by atoms with Gasteiger partial charge in [-0.15, -0.1) is 0 Å². The second kappa shape index (κ2) is 8.38. The summed E-state index contributed by atoms with van der Waals surface area (Å²) in [7, 11) is 0. The molecule has 1 N–H and O–H groups in total. The van der Waals surface area contributed by atoms with E-state index in [2.05, 4.69) is 0 Å².